The fraction of sp³-hybridized carbons (Fsp3) is 0.481. The van der Waals surface area contributed by atoms with E-state index in [0.717, 1.165) is 17.4 Å². The number of hydrogen-bond acceptors (Lipinski definition) is 6. The summed E-state index contributed by atoms with van der Waals surface area (Å²) in [4.78, 5) is 27.9. The van der Waals surface area contributed by atoms with E-state index in [9.17, 15) is 18.0 Å². The fourth-order valence-electron chi connectivity index (χ4n) is 4.37. The van der Waals surface area contributed by atoms with Crippen LogP contribution in [-0.2, 0) is 26.2 Å². The van der Waals surface area contributed by atoms with Crippen LogP contribution in [0.4, 0.5) is 5.69 Å². The van der Waals surface area contributed by atoms with E-state index < -0.39 is 16.1 Å². The predicted octanol–water partition coefficient (Wildman–Crippen LogP) is 3.26. The first-order valence-corrected chi connectivity index (χ1v) is 14.5. The van der Waals surface area contributed by atoms with Crippen LogP contribution in [0, 0.1) is 6.92 Å². The van der Waals surface area contributed by atoms with Gasteiger partial charge in [0.25, 0.3) is 0 Å². The predicted molar refractivity (Wildman–Crippen MR) is 143 cm³/mol. The molecule has 9 nitrogen and oxygen atoms in total. The summed E-state index contributed by atoms with van der Waals surface area (Å²) in [6.45, 7) is 7.42. The maximum Gasteiger partial charge on any atom is 0.242 e. The van der Waals surface area contributed by atoms with Crippen molar-refractivity contribution in [1.82, 2.24) is 10.2 Å². The van der Waals surface area contributed by atoms with E-state index in [1.54, 1.807) is 23.1 Å². The first kappa shape index (κ1) is 28.3. The molecule has 2 aromatic carbocycles. The maximum atomic E-state index is 13.5. The molecule has 1 aliphatic heterocycles. The highest BCUT2D eigenvalue weighted by atomic mass is 32.2. The second-order valence-corrected chi connectivity index (χ2v) is 10.9. The molecule has 0 aromatic heterocycles. The molecule has 0 saturated carbocycles. The van der Waals surface area contributed by atoms with Gasteiger partial charge in [0.2, 0.25) is 21.8 Å². The summed E-state index contributed by atoms with van der Waals surface area (Å²) < 4.78 is 37.6. The topological polar surface area (TPSA) is 105 Å². The maximum absolute atomic E-state index is 13.5. The zero-order valence-corrected chi connectivity index (χ0v) is 22.8. The quantitative estimate of drug-likeness (QED) is 0.451. The molecule has 0 fully saturated rings. The number of sulfonamides is 1. The molecule has 0 radical (unpaired) electrons. The van der Waals surface area contributed by atoms with E-state index >= 15 is 0 Å². The molecule has 202 valence electrons. The molecule has 37 heavy (non-hydrogen) atoms. The minimum absolute atomic E-state index is 0.0956. The molecular weight excluding hydrogens is 494 g/mol. The van der Waals surface area contributed by atoms with Gasteiger partial charge in [-0.05, 0) is 49.9 Å². The lowest BCUT2D eigenvalue weighted by Gasteiger charge is -2.31. The van der Waals surface area contributed by atoms with E-state index in [0.29, 0.717) is 49.9 Å². The molecule has 2 amide bonds. The normalized spacial score (nSPS) is 13.5. The Hall–Kier alpha value is -3.27. The standard InChI is InChI=1S/C27H37N3O6S/c1-5-23(27(32)28-6-2)29(19-21-11-8-7-10-20(21)3)26(31)12-9-15-30(37(4,33)34)22-13-14-24-25(18-22)36-17-16-35-24/h7-8,10-11,13-14,18,23H,5-6,9,12,15-17,19H2,1-4H3,(H,28,32). The number of anilines is 1. The number of carbonyl (C=O) groups is 2. The van der Waals surface area contributed by atoms with Crippen molar-refractivity contribution in [1.29, 1.82) is 0 Å². The van der Waals surface area contributed by atoms with Gasteiger partial charge in [-0.3, -0.25) is 13.9 Å². The summed E-state index contributed by atoms with van der Waals surface area (Å²) >= 11 is 0. The first-order chi connectivity index (χ1) is 17.7. The molecule has 1 N–H and O–H groups in total. The van der Waals surface area contributed by atoms with Gasteiger partial charge in [-0.25, -0.2) is 8.42 Å². The highest BCUT2D eigenvalue weighted by Gasteiger charge is 2.29. The summed E-state index contributed by atoms with van der Waals surface area (Å²) in [5, 5.41) is 2.83. The zero-order valence-electron chi connectivity index (χ0n) is 22.0. The third-order valence-corrected chi connectivity index (χ3v) is 7.50. The Labute approximate surface area is 219 Å². The smallest absolute Gasteiger partial charge is 0.242 e. The van der Waals surface area contributed by atoms with Crippen LogP contribution in [0.3, 0.4) is 0 Å². The number of nitrogens with one attached hydrogen (secondary N) is 1. The van der Waals surface area contributed by atoms with Gasteiger partial charge < -0.3 is 19.7 Å². The fourth-order valence-corrected chi connectivity index (χ4v) is 5.33. The van der Waals surface area contributed by atoms with Crippen LogP contribution in [0.25, 0.3) is 0 Å². The molecule has 1 heterocycles. The third kappa shape index (κ3) is 7.38. The summed E-state index contributed by atoms with van der Waals surface area (Å²) in [6, 6.07) is 12.2. The molecular formula is C27H37N3O6S. The van der Waals surface area contributed by atoms with Crippen molar-refractivity contribution in [2.75, 3.05) is 36.9 Å². The first-order valence-electron chi connectivity index (χ1n) is 12.6. The molecule has 0 aliphatic carbocycles. The average molecular weight is 532 g/mol. The highest BCUT2D eigenvalue weighted by Crippen LogP contribution is 2.34. The Morgan fingerprint density at radius 2 is 1.76 bits per heavy atom. The Morgan fingerprint density at radius 1 is 1.05 bits per heavy atom. The van der Waals surface area contributed by atoms with E-state index in [4.69, 9.17) is 9.47 Å². The summed E-state index contributed by atoms with van der Waals surface area (Å²) in [6.07, 6.45) is 1.99. The summed E-state index contributed by atoms with van der Waals surface area (Å²) in [5.41, 5.74) is 2.45. The number of carbonyl (C=O) groups excluding carboxylic acids is 2. The second-order valence-electron chi connectivity index (χ2n) is 9.03. The number of hydrogen-bond donors (Lipinski definition) is 1. The van der Waals surface area contributed by atoms with E-state index in [1.807, 2.05) is 45.0 Å². The molecule has 1 atom stereocenters. The van der Waals surface area contributed by atoms with Gasteiger partial charge in [-0.15, -0.1) is 0 Å². The average Bonchev–Trinajstić information content (AvgIpc) is 2.86. The van der Waals surface area contributed by atoms with Crippen molar-refractivity contribution >= 4 is 27.5 Å². The molecule has 0 spiro atoms. The van der Waals surface area contributed by atoms with Gasteiger partial charge in [0.05, 0.1) is 11.9 Å². The Kier molecular flexibility index (Phi) is 9.79. The molecule has 1 aliphatic rings. The van der Waals surface area contributed by atoms with Crippen molar-refractivity contribution in [3.05, 3.63) is 53.6 Å². The molecule has 1 unspecified atom stereocenters. The highest BCUT2D eigenvalue weighted by molar-refractivity contribution is 7.92. The lowest BCUT2D eigenvalue weighted by molar-refractivity contribution is -0.141. The van der Waals surface area contributed by atoms with Crippen molar-refractivity contribution in [3.63, 3.8) is 0 Å². The lowest BCUT2D eigenvalue weighted by Crippen LogP contribution is -2.49. The van der Waals surface area contributed by atoms with Crippen molar-refractivity contribution in [2.24, 2.45) is 0 Å². The van der Waals surface area contributed by atoms with Gasteiger partial charge >= 0.3 is 0 Å². The second kappa shape index (κ2) is 12.8. The van der Waals surface area contributed by atoms with Crippen LogP contribution in [0.1, 0.15) is 44.2 Å². The Balaban J connectivity index is 1.77. The van der Waals surface area contributed by atoms with Crippen LogP contribution in [0.2, 0.25) is 0 Å². The van der Waals surface area contributed by atoms with Gasteiger partial charge in [0.1, 0.15) is 19.3 Å². The lowest BCUT2D eigenvalue weighted by atomic mass is 10.1. The van der Waals surface area contributed by atoms with E-state index in [1.165, 1.54) is 4.31 Å². The minimum Gasteiger partial charge on any atom is -0.486 e. The number of ether oxygens (including phenoxy) is 2. The summed E-state index contributed by atoms with van der Waals surface area (Å²) in [7, 11) is -3.61. The zero-order chi connectivity index (χ0) is 27.0. The van der Waals surface area contributed by atoms with E-state index in [-0.39, 0.29) is 31.2 Å². The van der Waals surface area contributed by atoms with Gasteiger partial charge in [-0.2, -0.15) is 0 Å². The molecule has 2 aromatic rings. The van der Waals surface area contributed by atoms with Crippen molar-refractivity contribution in [3.8, 4) is 11.5 Å². The molecule has 10 heteroatoms. The number of amides is 2. The minimum atomic E-state index is -3.61. The number of fused-ring (bicyclic) bond motifs is 1. The Bertz CT molecular complexity index is 1200. The van der Waals surface area contributed by atoms with Gasteiger partial charge in [-0.1, -0.05) is 31.2 Å². The van der Waals surface area contributed by atoms with Crippen LogP contribution in [0.5, 0.6) is 11.5 Å². The van der Waals surface area contributed by atoms with Gasteiger partial charge in [0.15, 0.2) is 11.5 Å². The molecule has 0 saturated heterocycles. The number of rotatable bonds is 12. The SMILES string of the molecule is CCNC(=O)C(CC)N(Cc1ccccc1C)C(=O)CCCN(c1ccc2c(c1)OCCO2)S(C)(=O)=O. The Morgan fingerprint density at radius 3 is 2.41 bits per heavy atom. The van der Waals surface area contributed by atoms with Crippen LogP contribution >= 0.6 is 0 Å². The molecule has 0 bridgehead atoms. The van der Waals surface area contributed by atoms with Gasteiger partial charge in [0, 0.05) is 32.1 Å². The number of benzene rings is 2. The monoisotopic (exact) mass is 531 g/mol. The largest absolute Gasteiger partial charge is 0.486 e. The van der Waals surface area contributed by atoms with Crippen LogP contribution in [-0.4, -0.2) is 63.7 Å². The summed E-state index contributed by atoms with van der Waals surface area (Å²) in [5.74, 6) is 0.671. The number of likely N-dealkylation sites (N-methyl/N-ethyl adjacent to an activating group) is 1. The van der Waals surface area contributed by atoms with Crippen LogP contribution in [0.15, 0.2) is 42.5 Å². The van der Waals surface area contributed by atoms with Crippen LogP contribution < -0.4 is 19.1 Å². The third-order valence-electron chi connectivity index (χ3n) is 6.30. The molecule has 3 rings (SSSR count). The number of aryl methyl sites for hydroxylation is 1. The number of nitrogens with zero attached hydrogens (tertiary/aromatic N) is 2. The van der Waals surface area contributed by atoms with E-state index in [2.05, 4.69) is 5.32 Å². The van der Waals surface area contributed by atoms with Crippen molar-refractivity contribution in [2.45, 2.75) is 52.6 Å². The van der Waals surface area contributed by atoms with Crippen molar-refractivity contribution < 1.29 is 27.5 Å².